The molecule has 0 unspecified atom stereocenters. The van der Waals surface area contributed by atoms with Crippen molar-refractivity contribution >= 4 is 17.3 Å². The molecular weight excluding hydrogens is 276 g/mol. The molecule has 20 heavy (non-hydrogen) atoms. The van der Waals surface area contributed by atoms with Crippen LogP contribution in [0.1, 0.15) is 34.3 Å². The van der Waals surface area contributed by atoms with Gasteiger partial charge in [-0.2, -0.15) is 0 Å². The number of ether oxygens (including phenoxy) is 2. The lowest BCUT2D eigenvalue weighted by atomic mass is 10.1. The number of carbonyl (C=O) groups is 1. The number of carbonyl (C=O) groups excluding carboxylic acids is 1. The summed E-state index contributed by atoms with van der Waals surface area (Å²) in [7, 11) is 3.11. The average molecular weight is 292 g/mol. The summed E-state index contributed by atoms with van der Waals surface area (Å²) in [4.78, 5) is 13.1. The largest absolute Gasteiger partial charge is 0.497 e. The van der Waals surface area contributed by atoms with Gasteiger partial charge in [-0.1, -0.05) is 17.8 Å². The van der Waals surface area contributed by atoms with Crippen molar-refractivity contribution in [3.05, 3.63) is 34.3 Å². The van der Waals surface area contributed by atoms with E-state index in [0.29, 0.717) is 21.9 Å². The molecule has 1 aromatic carbocycles. The predicted molar refractivity (Wildman–Crippen MR) is 76.9 cm³/mol. The van der Waals surface area contributed by atoms with E-state index in [9.17, 15) is 4.79 Å². The molecule has 1 aromatic heterocycles. The van der Waals surface area contributed by atoms with Crippen LogP contribution in [0.3, 0.4) is 0 Å². The van der Waals surface area contributed by atoms with Crippen LogP contribution in [0.2, 0.25) is 0 Å². The highest BCUT2D eigenvalue weighted by Crippen LogP contribution is 2.26. The first kappa shape index (κ1) is 14.5. The van der Waals surface area contributed by atoms with Gasteiger partial charge in [0, 0.05) is 11.6 Å². The molecule has 0 N–H and O–H groups in total. The molecule has 5 nitrogen and oxygen atoms in total. The number of benzene rings is 1. The van der Waals surface area contributed by atoms with Gasteiger partial charge in [-0.25, -0.2) is 0 Å². The Bertz CT molecular complexity index is 588. The first-order valence-corrected chi connectivity index (χ1v) is 7.06. The maximum absolute atomic E-state index is 12.6. The van der Waals surface area contributed by atoms with Crippen molar-refractivity contribution in [3.63, 3.8) is 0 Å². The highest BCUT2D eigenvalue weighted by molar-refractivity contribution is 7.08. The van der Waals surface area contributed by atoms with Crippen LogP contribution < -0.4 is 9.47 Å². The molecule has 6 heteroatoms. The number of aromatic nitrogens is 2. The van der Waals surface area contributed by atoms with Crippen LogP contribution in [-0.4, -0.2) is 29.6 Å². The van der Waals surface area contributed by atoms with Crippen LogP contribution in [0.15, 0.2) is 18.2 Å². The molecule has 106 valence electrons. The number of rotatable bonds is 6. The van der Waals surface area contributed by atoms with Crippen LogP contribution in [0.25, 0.3) is 0 Å². The molecule has 2 rings (SSSR count). The molecule has 1 heterocycles. The van der Waals surface area contributed by atoms with E-state index < -0.39 is 0 Å². The summed E-state index contributed by atoms with van der Waals surface area (Å²) in [6.07, 6.45) is 1.67. The molecule has 0 fully saturated rings. The number of methoxy groups -OCH3 is 2. The number of hydrogen-bond acceptors (Lipinski definition) is 6. The third kappa shape index (κ3) is 2.96. The topological polar surface area (TPSA) is 61.3 Å². The van der Waals surface area contributed by atoms with E-state index in [1.54, 1.807) is 32.4 Å². The van der Waals surface area contributed by atoms with Crippen LogP contribution in [-0.2, 0) is 6.42 Å². The maximum atomic E-state index is 12.6. The minimum atomic E-state index is -0.0966. The molecule has 0 spiro atoms. The Labute approximate surface area is 121 Å². The fourth-order valence-corrected chi connectivity index (χ4v) is 2.52. The van der Waals surface area contributed by atoms with Gasteiger partial charge in [-0.15, -0.1) is 5.10 Å². The fraction of sp³-hybridized carbons (Fsp3) is 0.357. The summed E-state index contributed by atoms with van der Waals surface area (Å²) >= 11 is 1.13. The second kappa shape index (κ2) is 6.47. The Kier molecular flexibility index (Phi) is 4.68. The van der Waals surface area contributed by atoms with Crippen LogP contribution >= 0.6 is 11.5 Å². The fourth-order valence-electron chi connectivity index (χ4n) is 1.85. The zero-order valence-electron chi connectivity index (χ0n) is 11.7. The molecular formula is C14H16N2O3S. The Morgan fingerprint density at radius 1 is 1.20 bits per heavy atom. The Morgan fingerprint density at radius 2 is 1.85 bits per heavy atom. The van der Waals surface area contributed by atoms with E-state index in [1.165, 1.54) is 0 Å². The minimum Gasteiger partial charge on any atom is -0.497 e. The zero-order chi connectivity index (χ0) is 14.5. The standard InChI is InChI=1S/C14H16N2O3S/c1-4-5-12-14(20-16-15-12)13(17)9-6-10(18-2)8-11(7-9)19-3/h6-8H,4-5H2,1-3H3. The third-order valence-electron chi connectivity index (χ3n) is 2.86. The molecule has 0 aliphatic rings. The quantitative estimate of drug-likeness (QED) is 0.766. The molecule has 0 atom stereocenters. The van der Waals surface area contributed by atoms with Gasteiger partial charge in [-0.05, 0) is 30.1 Å². The molecule has 0 bridgehead atoms. The molecule has 0 saturated carbocycles. The van der Waals surface area contributed by atoms with Gasteiger partial charge in [0.1, 0.15) is 16.4 Å². The number of nitrogens with zero attached hydrogens (tertiary/aromatic N) is 2. The van der Waals surface area contributed by atoms with Crippen molar-refractivity contribution in [2.75, 3.05) is 14.2 Å². The van der Waals surface area contributed by atoms with Crippen LogP contribution in [0.5, 0.6) is 11.5 Å². The van der Waals surface area contributed by atoms with Crippen molar-refractivity contribution < 1.29 is 14.3 Å². The first-order chi connectivity index (χ1) is 9.69. The average Bonchev–Trinajstić information content (AvgIpc) is 2.94. The van der Waals surface area contributed by atoms with Gasteiger partial charge in [0.15, 0.2) is 0 Å². The molecule has 0 amide bonds. The summed E-state index contributed by atoms with van der Waals surface area (Å²) in [6.45, 7) is 2.04. The highest BCUT2D eigenvalue weighted by Gasteiger charge is 2.19. The SMILES string of the molecule is CCCc1nnsc1C(=O)c1cc(OC)cc(OC)c1. The number of ketones is 1. The smallest absolute Gasteiger partial charge is 0.206 e. The minimum absolute atomic E-state index is 0.0966. The van der Waals surface area contributed by atoms with Gasteiger partial charge in [0.05, 0.1) is 19.9 Å². The van der Waals surface area contributed by atoms with Gasteiger partial charge >= 0.3 is 0 Å². The van der Waals surface area contributed by atoms with Crippen molar-refractivity contribution in [2.24, 2.45) is 0 Å². The first-order valence-electron chi connectivity index (χ1n) is 6.28. The lowest BCUT2D eigenvalue weighted by molar-refractivity contribution is 0.104. The van der Waals surface area contributed by atoms with E-state index in [4.69, 9.17) is 9.47 Å². The monoisotopic (exact) mass is 292 g/mol. The van der Waals surface area contributed by atoms with E-state index in [0.717, 1.165) is 30.1 Å². The lowest BCUT2D eigenvalue weighted by Crippen LogP contribution is -2.04. The van der Waals surface area contributed by atoms with E-state index in [2.05, 4.69) is 9.59 Å². The van der Waals surface area contributed by atoms with Crippen molar-refractivity contribution in [1.29, 1.82) is 0 Å². The summed E-state index contributed by atoms with van der Waals surface area (Å²) in [5.41, 5.74) is 1.27. The normalized spacial score (nSPS) is 10.3. The molecule has 0 aliphatic carbocycles. The van der Waals surface area contributed by atoms with Gasteiger partial charge in [-0.3, -0.25) is 4.79 Å². The van der Waals surface area contributed by atoms with Crippen molar-refractivity contribution in [2.45, 2.75) is 19.8 Å². The summed E-state index contributed by atoms with van der Waals surface area (Å²) in [5, 5.41) is 4.02. The van der Waals surface area contributed by atoms with E-state index in [1.807, 2.05) is 6.92 Å². The lowest BCUT2D eigenvalue weighted by Gasteiger charge is -2.07. The number of hydrogen-bond donors (Lipinski definition) is 0. The summed E-state index contributed by atoms with van der Waals surface area (Å²) in [5.74, 6) is 1.07. The predicted octanol–water partition coefficient (Wildman–Crippen LogP) is 2.74. The highest BCUT2D eigenvalue weighted by atomic mass is 32.1. The second-order valence-electron chi connectivity index (χ2n) is 4.23. The van der Waals surface area contributed by atoms with E-state index >= 15 is 0 Å². The molecule has 0 saturated heterocycles. The molecule has 2 aromatic rings. The van der Waals surface area contributed by atoms with E-state index in [-0.39, 0.29) is 5.78 Å². The van der Waals surface area contributed by atoms with Crippen molar-refractivity contribution in [3.8, 4) is 11.5 Å². The maximum Gasteiger partial charge on any atom is 0.206 e. The molecule has 0 radical (unpaired) electrons. The zero-order valence-corrected chi connectivity index (χ0v) is 12.5. The van der Waals surface area contributed by atoms with Gasteiger partial charge in [0.25, 0.3) is 0 Å². The molecule has 0 aliphatic heterocycles. The Balaban J connectivity index is 2.39. The van der Waals surface area contributed by atoms with Crippen molar-refractivity contribution in [1.82, 2.24) is 9.59 Å². The van der Waals surface area contributed by atoms with Gasteiger partial charge < -0.3 is 9.47 Å². The Morgan fingerprint density at radius 3 is 2.40 bits per heavy atom. The van der Waals surface area contributed by atoms with Crippen LogP contribution in [0.4, 0.5) is 0 Å². The summed E-state index contributed by atoms with van der Waals surface area (Å²) < 4.78 is 14.2. The summed E-state index contributed by atoms with van der Waals surface area (Å²) in [6, 6.07) is 5.12. The van der Waals surface area contributed by atoms with Crippen LogP contribution in [0, 0.1) is 0 Å². The number of aryl methyl sites for hydroxylation is 1. The third-order valence-corrected chi connectivity index (χ3v) is 3.63. The van der Waals surface area contributed by atoms with Gasteiger partial charge in [0.2, 0.25) is 5.78 Å². The second-order valence-corrected chi connectivity index (χ2v) is 4.98. The Hall–Kier alpha value is -1.95.